The van der Waals surface area contributed by atoms with Gasteiger partial charge in [0.1, 0.15) is 5.75 Å². The van der Waals surface area contributed by atoms with E-state index in [1.54, 1.807) is 25.7 Å². The number of benzene rings is 2. The Morgan fingerprint density at radius 3 is 2.22 bits per heavy atom. The second kappa shape index (κ2) is 7.03. The summed E-state index contributed by atoms with van der Waals surface area (Å²) in [5.41, 5.74) is 7.48. The van der Waals surface area contributed by atoms with Crippen LogP contribution < -0.4 is 4.74 Å². The largest absolute Gasteiger partial charge is 0.496 e. The topological polar surface area (TPSA) is 52.8 Å². The Labute approximate surface area is 158 Å². The van der Waals surface area contributed by atoms with E-state index in [1.165, 1.54) is 0 Å². The van der Waals surface area contributed by atoms with Crippen LogP contribution in [-0.2, 0) is 0 Å². The third-order valence-electron chi connectivity index (χ3n) is 4.81. The van der Waals surface area contributed by atoms with Crippen molar-refractivity contribution in [2.75, 3.05) is 7.11 Å². The van der Waals surface area contributed by atoms with Crippen molar-refractivity contribution in [2.45, 2.75) is 13.8 Å². The normalized spacial score (nSPS) is 10.8. The van der Waals surface area contributed by atoms with Gasteiger partial charge in [-0.25, -0.2) is 4.68 Å². The van der Waals surface area contributed by atoms with Crippen LogP contribution in [0.5, 0.6) is 5.75 Å². The zero-order chi connectivity index (χ0) is 18.8. The van der Waals surface area contributed by atoms with E-state index in [0.717, 1.165) is 44.9 Å². The number of pyridine rings is 1. The predicted octanol–water partition coefficient (Wildman–Crippen LogP) is 4.62. The molecule has 2 aromatic carbocycles. The number of hydrogen-bond acceptors (Lipinski definition) is 4. The summed E-state index contributed by atoms with van der Waals surface area (Å²) in [5.74, 6) is 0.847. The van der Waals surface area contributed by atoms with Gasteiger partial charge < -0.3 is 4.74 Å². The summed E-state index contributed by atoms with van der Waals surface area (Å²) in [6.07, 6.45) is 5.38. The predicted molar refractivity (Wildman–Crippen MR) is 106 cm³/mol. The average molecular weight is 356 g/mol. The molecule has 0 radical (unpaired) electrons. The highest BCUT2D eigenvalue weighted by Crippen LogP contribution is 2.29. The Balaban J connectivity index is 1.74. The average Bonchev–Trinajstić information content (AvgIpc) is 3.20. The lowest BCUT2D eigenvalue weighted by Crippen LogP contribution is -2.02. The van der Waals surface area contributed by atoms with Gasteiger partial charge in [0.15, 0.2) is 0 Å². The molecule has 0 saturated carbocycles. The SMILES string of the molecule is COc1cc(-n2nncc2-c2ccc(-c3ccncc3)cc2)cc(C)c1C. The number of rotatable bonds is 4. The Hall–Kier alpha value is -3.47. The van der Waals surface area contributed by atoms with E-state index in [0.29, 0.717) is 0 Å². The Bertz CT molecular complexity index is 1070. The van der Waals surface area contributed by atoms with E-state index < -0.39 is 0 Å². The third kappa shape index (κ3) is 3.19. The maximum atomic E-state index is 5.51. The molecular weight excluding hydrogens is 336 g/mol. The summed E-state index contributed by atoms with van der Waals surface area (Å²) in [6, 6.07) is 16.5. The van der Waals surface area contributed by atoms with Crippen molar-refractivity contribution in [3.8, 4) is 33.8 Å². The maximum absolute atomic E-state index is 5.51. The first-order valence-electron chi connectivity index (χ1n) is 8.74. The van der Waals surface area contributed by atoms with E-state index in [1.807, 2.05) is 22.9 Å². The van der Waals surface area contributed by atoms with Gasteiger partial charge >= 0.3 is 0 Å². The fraction of sp³-hybridized carbons (Fsp3) is 0.136. The van der Waals surface area contributed by atoms with E-state index in [4.69, 9.17) is 4.74 Å². The molecule has 5 heteroatoms. The van der Waals surface area contributed by atoms with Crippen molar-refractivity contribution >= 4 is 0 Å². The number of aromatic nitrogens is 4. The molecule has 0 saturated heterocycles. The lowest BCUT2D eigenvalue weighted by Gasteiger charge is -2.13. The molecular formula is C22H20N4O. The molecule has 0 fully saturated rings. The first kappa shape index (κ1) is 17.0. The summed E-state index contributed by atoms with van der Waals surface area (Å²) in [6.45, 7) is 4.12. The molecule has 0 aliphatic heterocycles. The first-order valence-corrected chi connectivity index (χ1v) is 8.74. The van der Waals surface area contributed by atoms with Crippen LogP contribution in [0.3, 0.4) is 0 Å². The van der Waals surface area contributed by atoms with Crippen LogP contribution in [0.1, 0.15) is 11.1 Å². The molecule has 134 valence electrons. The molecule has 27 heavy (non-hydrogen) atoms. The molecule has 0 aliphatic carbocycles. The first-order chi connectivity index (χ1) is 13.2. The fourth-order valence-corrected chi connectivity index (χ4v) is 3.14. The molecule has 0 amide bonds. The van der Waals surface area contributed by atoms with Gasteiger partial charge in [0.2, 0.25) is 0 Å². The van der Waals surface area contributed by atoms with E-state index in [-0.39, 0.29) is 0 Å². The monoisotopic (exact) mass is 356 g/mol. The minimum Gasteiger partial charge on any atom is -0.496 e. The molecule has 2 heterocycles. The molecule has 2 aromatic heterocycles. The highest BCUT2D eigenvalue weighted by Gasteiger charge is 2.12. The fourth-order valence-electron chi connectivity index (χ4n) is 3.14. The van der Waals surface area contributed by atoms with Gasteiger partial charge in [-0.2, -0.15) is 0 Å². The molecule has 0 unspecified atom stereocenters. The Morgan fingerprint density at radius 1 is 0.852 bits per heavy atom. The molecule has 5 nitrogen and oxygen atoms in total. The van der Waals surface area contributed by atoms with Gasteiger partial charge in [-0.1, -0.05) is 29.5 Å². The molecule has 0 N–H and O–H groups in total. The summed E-state index contributed by atoms with van der Waals surface area (Å²) in [4.78, 5) is 4.07. The second-order valence-corrected chi connectivity index (χ2v) is 6.43. The van der Waals surface area contributed by atoms with Gasteiger partial charge in [-0.05, 0) is 54.3 Å². The van der Waals surface area contributed by atoms with Crippen LogP contribution in [0.25, 0.3) is 28.1 Å². The number of hydrogen-bond donors (Lipinski definition) is 0. The van der Waals surface area contributed by atoms with E-state index in [2.05, 4.69) is 59.5 Å². The Morgan fingerprint density at radius 2 is 1.52 bits per heavy atom. The number of ether oxygens (including phenoxy) is 1. The lowest BCUT2D eigenvalue weighted by molar-refractivity contribution is 0.411. The van der Waals surface area contributed by atoms with Gasteiger partial charge in [-0.3, -0.25) is 4.98 Å². The zero-order valence-electron chi connectivity index (χ0n) is 15.5. The lowest BCUT2D eigenvalue weighted by atomic mass is 10.0. The highest BCUT2D eigenvalue weighted by molar-refractivity contribution is 5.69. The van der Waals surface area contributed by atoms with Crippen molar-refractivity contribution in [3.63, 3.8) is 0 Å². The molecule has 0 spiro atoms. The van der Waals surface area contributed by atoms with Crippen molar-refractivity contribution < 1.29 is 4.74 Å². The quantitative estimate of drug-likeness (QED) is 0.535. The summed E-state index contributed by atoms with van der Waals surface area (Å²) in [5, 5.41) is 8.42. The van der Waals surface area contributed by atoms with Crippen LogP contribution in [0.15, 0.2) is 67.1 Å². The van der Waals surface area contributed by atoms with Crippen molar-refractivity contribution in [2.24, 2.45) is 0 Å². The Kier molecular flexibility index (Phi) is 4.42. The second-order valence-electron chi connectivity index (χ2n) is 6.43. The molecule has 0 atom stereocenters. The number of nitrogens with zero attached hydrogens (tertiary/aromatic N) is 4. The standard InChI is InChI=1S/C22H20N4O/c1-15-12-20(13-22(27-3)16(15)2)26-21(14-24-25-26)19-6-4-17(5-7-19)18-8-10-23-11-9-18/h4-14H,1-3H3. The minimum absolute atomic E-state index is 0.847. The molecule has 4 rings (SSSR count). The smallest absolute Gasteiger partial charge is 0.124 e. The van der Waals surface area contributed by atoms with Crippen LogP contribution in [0.2, 0.25) is 0 Å². The van der Waals surface area contributed by atoms with Crippen LogP contribution in [0.4, 0.5) is 0 Å². The summed E-state index contributed by atoms with van der Waals surface area (Å²) in [7, 11) is 1.69. The summed E-state index contributed by atoms with van der Waals surface area (Å²) >= 11 is 0. The molecule has 0 bridgehead atoms. The maximum Gasteiger partial charge on any atom is 0.124 e. The minimum atomic E-state index is 0.847. The van der Waals surface area contributed by atoms with Crippen LogP contribution in [-0.4, -0.2) is 27.1 Å². The zero-order valence-corrected chi connectivity index (χ0v) is 15.5. The summed E-state index contributed by atoms with van der Waals surface area (Å²) < 4.78 is 7.35. The van der Waals surface area contributed by atoms with Gasteiger partial charge in [0.25, 0.3) is 0 Å². The number of aryl methyl sites for hydroxylation is 1. The van der Waals surface area contributed by atoms with Crippen molar-refractivity contribution in [1.82, 2.24) is 20.0 Å². The van der Waals surface area contributed by atoms with Gasteiger partial charge in [0.05, 0.1) is 24.7 Å². The van der Waals surface area contributed by atoms with E-state index >= 15 is 0 Å². The van der Waals surface area contributed by atoms with E-state index in [9.17, 15) is 0 Å². The highest BCUT2D eigenvalue weighted by atomic mass is 16.5. The molecule has 0 aliphatic rings. The van der Waals surface area contributed by atoms with Crippen LogP contribution in [0, 0.1) is 13.8 Å². The van der Waals surface area contributed by atoms with Crippen molar-refractivity contribution in [3.05, 3.63) is 78.2 Å². The molecule has 4 aromatic rings. The van der Waals surface area contributed by atoms with Gasteiger partial charge in [-0.15, -0.1) is 5.10 Å². The van der Waals surface area contributed by atoms with Crippen molar-refractivity contribution in [1.29, 1.82) is 0 Å². The number of methoxy groups -OCH3 is 1. The van der Waals surface area contributed by atoms with Gasteiger partial charge in [0, 0.05) is 24.0 Å². The van der Waals surface area contributed by atoms with Crippen LogP contribution >= 0.6 is 0 Å². The third-order valence-corrected chi connectivity index (χ3v) is 4.81.